The molecule has 0 atom stereocenters. The standard InChI is InChI=1S/C15H18N4O4/c1-4-7-19-13(20)6-5-12(18-19)15(22)17-16-14(21)11-8-9(2)23-10(11)3/h5-6,8H,4,7H2,1-3H3,(H,16,21)(H,17,22). The van der Waals surface area contributed by atoms with Crippen molar-refractivity contribution in [2.24, 2.45) is 0 Å². The van der Waals surface area contributed by atoms with Crippen molar-refractivity contribution in [3.8, 4) is 0 Å². The fourth-order valence-corrected chi connectivity index (χ4v) is 2.04. The Balaban J connectivity index is 2.05. The molecule has 0 radical (unpaired) electrons. The zero-order valence-corrected chi connectivity index (χ0v) is 13.2. The van der Waals surface area contributed by atoms with Crippen LogP contribution in [0.3, 0.4) is 0 Å². The number of rotatable bonds is 4. The van der Waals surface area contributed by atoms with Crippen LogP contribution in [-0.4, -0.2) is 21.6 Å². The first-order chi connectivity index (χ1) is 10.9. The smallest absolute Gasteiger partial charge is 0.290 e. The maximum absolute atomic E-state index is 12.0. The highest BCUT2D eigenvalue weighted by Crippen LogP contribution is 2.12. The second kappa shape index (κ2) is 6.91. The van der Waals surface area contributed by atoms with E-state index >= 15 is 0 Å². The summed E-state index contributed by atoms with van der Waals surface area (Å²) in [6.07, 6.45) is 0.716. The fraction of sp³-hybridized carbons (Fsp3) is 0.333. The third-order valence-corrected chi connectivity index (χ3v) is 3.11. The van der Waals surface area contributed by atoms with Gasteiger partial charge in [-0.2, -0.15) is 5.10 Å². The van der Waals surface area contributed by atoms with Crippen molar-refractivity contribution in [1.29, 1.82) is 0 Å². The van der Waals surface area contributed by atoms with Crippen LogP contribution in [0.2, 0.25) is 0 Å². The number of aromatic nitrogens is 2. The van der Waals surface area contributed by atoms with Gasteiger partial charge in [0, 0.05) is 12.6 Å². The molecule has 0 unspecified atom stereocenters. The highest BCUT2D eigenvalue weighted by molar-refractivity contribution is 5.98. The predicted molar refractivity (Wildman–Crippen MR) is 81.9 cm³/mol. The van der Waals surface area contributed by atoms with Crippen LogP contribution in [0.5, 0.6) is 0 Å². The number of amides is 2. The molecular weight excluding hydrogens is 300 g/mol. The van der Waals surface area contributed by atoms with Gasteiger partial charge in [-0.15, -0.1) is 0 Å². The zero-order valence-electron chi connectivity index (χ0n) is 13.2. The van der Waals surface area contributed by atoms with Crippen LogP contribution in [0.25, 0.3) is 0 Å². The van der Waals surface area contributed by atoms with Crippen molar-refractivity contribution in [3.05, 3.63) is 51.3 Å². The summed E-state index contributed by atoms with van der Waals surface area (Å²) in [5, 5.41) is 3.96. The molecule has 2 N–H and O–H groups in total. The van der Waals surface area contributed by atoms with E-state index in [-0.39, 0.29) is 11.3 Å². The summed E-state index contributed by atoms with van der Waals surface area (Å²) < 4.78 is 6.47. The van der Waals surface area contributed by atoms with Gasteiger partial charge in [-0.05, 0) is 32.4 Å². The average molecular weight is 318 g/mol. The van der Waals surface area contributed by atoms with Crippen LogP contribution >= 0.6 is 0 Å². The molecule has 122 valence electrons. The number of carbonyl (C=O) groups excluding carboxylic acids is 2. The molecule has 2 aromatic heterocycles. The van der Waals surface area contributed by atoms with E-state index in [4.69, 9.17) is 4.42 Å². The number of hydrogen-bond acceptors (Lipinski definition) is 5. The summed E-state index contributed by atoms with van der Waals surface area (Å²) in [6.45, 7) is 5.70. The second-order valence-electron chi connectivity index (χ2n) is 5.02. The average Bonchev–Trinajstić information content (AvgIpc) is 2.85. The molecule has 23 heavy (non-hydrogen) atoms. The van der Waals surface area contributed by atoms with E-state index in [1.54, 1.807) is 19.9 Å². The largest absolute Gasteiger partial charge is 0.466 e. The number of hydrogen-bond donors (Lipinski definition) is 2. The third kappa shape index (κ3) is 3.85. The van der Waals surface area contributed by atoms with Crippen molar-refractivity contribution in [3.63, 3.8) is 0 Å². The Kier molecular flexibility index (Phi) is 4.95. The molecule has 2 amide bonds. The lowest BCUT2D eigenvalue weighted by atomic mass is 10.2. The van der Waals surface area contributed by atoms with E-state index in [0.717, 1.165) is 0 Å². The SMILES string of the molecule is CCCn1nc(C(=O)NNC(=O)c2cc(C)oc2C)ccc1=O. The topological polar surface area (TPSA) is 106 Å². The van der Waals surface area contributed by atoms with Crippen molar-refractivity contribution in [2.75, 3.05) is 0 Å². The number of carbonyl (C=O) groups is 2. The van der Waals surface area contributed by atoms with E-state index in [9.17, 15) is 14.4 Å². The summed E-state index contributed by atoms with van der Waals surface area (Å²) in [5.41, 5.74) is 4.66. The normalized spacial score (nSPS) is 10.4. The minimum Gasteiger partial charge on any atom is -0.466 e. The molecule has 8 nitrogen and oxygen atoms in total. The van der Waals surface area contributed by atoms with Gasteiger partial charge in [0.2, 0.25) is 0 Å². The van der Waals surface area contributed by atoms with Crippen LogP contribution in [0.1, 0.15) is 45.7 Å². The molecule has 0 aromatic carbocycles. The van der Waals surface area contributed by atoms with Crippen LogP contribution in [-0.2, 0) is 6.54 Å². The van der Waals surface area contributed by atoms with Crippen molar-refractivity contribution in [1.82, 2.24) is 20.6 Å². The van der Waals surface area contributed by atoms with Gasteiger partial charge in [0.15, 0.2) is 5.69 Å². The quantitative estimate of drug-likeness (QED) is 0.816. The lowest BCUT2D eigenvalue weighted by molar-refractivity contribution is 0.0841. The van der Waals surface area contributed by atoms with Gasteiger partial charge in [-0.25, -0.2) is 4.68 Å². The van der Waals surface area contributed by atoms with Crippen LogP contribution in [0.15, 0.2) is 27.4 Å². The second-order valence-corrected chi connectivity index (χ2v) is 5.02. The molecule has 0 fully saturated rings. The van der Waals surface area contributed by atoms with E-state index in [1.807, 2.05) is 6.92 Å². The monoisotopic (exact) mass is 318 g/mol. The van der Waals surface area contributed by atoms with Gasteiger partial charge in [0.05, 0.1) is 5.56 Å². The molecule has 0 saturated heterocycles. The van der Waals surface area contributed by atoms with Gasteiger partial charge in [0.1, 0.15) is 11.5 Å². The van der Waals surface area contributed by atoms with E-state index in [1.165, 1.54) is 16.8 Å². The summed E-state index contributed by atoms with van der Waals surface area (Å²) in [4.78, 5) is 35.6. The molecule has 2 aromatic rings. The highest BCUT2D eigenvalue weighted by Gasteiger charge is 2.15. The number of furan rings is 1. The first-order valence-electron chi connectivity index (χ1n) is 7.18. The summed E-state index contributed by atoms with van der Waals surface area (Å²) in [6, 6.07) is 4.16. The lowest BCUT2D eigenvalue weighted by Crippen LogP contribution is -2.42. The summed E-state index contributed by atoms with van der Waals surface area (Å²) >= 11 is 0. The Hall–Kier alpha value is -2.90. The van der Waals surface area contributed by atoms with Gasteiger partial charge >= 0.3 is 0 Å². The number of nitrogens with one attached hydrogen (secondary N) is 2. The van der Waals surface area contributed by atoms with Gasteiger partial charge in [-0.1, -0.05) is 6.92 Å². The number of hydrazine groups is 1. The maximum atomic E-state index is 12.0. The zero-order chi connectivity index (χ0) is 17.0. The molecular formula is C15H18N4O4. The molecule has 2 heterocycles. The molecule has 0 aliphatic carbocycles. The first-order valence-corrected chi connectivity index (χ1v) is 7.18. The molecule has 0 spiro atoms. The summed E-state index contributed by atoms with van der Waals surface area (Å²) in [5.74, 6) is -0.0354. The van der Waals surface area contributed by atoms with Crippen LogP contribution in [0, 0.1) is 13.8 Å². The molecule has 2 rings (SSSR count). The fourth-order valence-electron chi connectivity index (χ4n) is 2.04. The maximum Gasteiger partial charge on any atom is 0.290 e. The number of aryl methyl sites for hydroxylation is 3. The molecule has 0 saturated carbocycles. The minimum atomic E-state index is -0.610. The van der Waals surface area contributed by atoms with Crippen molar-refractivity contribution in [2.45, 2.75) is 33.7 Å². The molecule has 8 heteroatoms. The van der Waals surface area contributed by atoms with E-state index in [0.29, 0.717) is 30.0 Å². The van der Waals surface area contributed by atoms with Gasteiger partial charge < -0.3 is 4.42 Å². The first kappa shape index (κ1) is 16.5. The Morgan fingerprint density at radius 2 is 1.91 bits per heavy atom. The lowest BCUT2D eigenvalue weighted by Gasteiger charge is -2.08. The molecule has 0 aliphatic heterocycles. The van der Waals surface area contributed by atoms with E-state index < -0.39 is 11.8 Å². The van der Waals surface area contributed by atoms with E-state index in [2.05, 4.69) is 16.0 Å². The van der Waals surface area contributed by atoms with Crippen LogP contribution in [0.4, 0.5) is 0 Å². The third-order valence-electron chi connectivity index (χ3n) is 3.11. The van der Waals surface area contributed by atoms with Crippen LogP contribution < -0.4 is 16.4 Å². The highest BCUT2D eigenvalue weighted by atomic mass is 16.3. The number of nitrogens with zero attached hydrogens (tertiary/aromatic N) is 2. The predicted octanol–water partition coefficient (Wildman–Crippen LogP) is 0.938. The minimum absolute atomic E-state index is 0.0402. The van der Waals surface area contributed by atoms with Crippen molar-refractivity contribution >= 4 is 11.8 Å². The Morgan fingerprint density at radius 3 is 2.52 bits per heavy atom. The Morgan fingerprint density at radius 1 is 1.22 bits per heavy atom. The Bertz CT molecular complexity index is 791. The van der Waals surface area contributed by atoms with Gasteiger partial charge in [-0.3, -0.25) is 25.2 Å². The summed E-state index contributed by atoms with van der Waals surface area (Å²) in [7, 11) is 0. The molecule has 0 bridgehead atoms. The van der Waals surface area contributed by atoms with Crippen molar-refractivity contribution < 1.29 is 14.0 Å². The Labute approximate surface area is 132 Å². The molecule has 0 aliphatic rings. The van der Waals surface area contributed by atoms with Gasteiger partial charge in [0.25, 0.3) is 17.4 Å².